The molecule has 4 rings (SSSR count). The normalized spacial score (nSPS) is 17.3. The van der Waals surface area contributed by atoms with Gasteiger partial charge >= 0.3 is 0 Å². The Kier molecular flexibility index (Phi) is 6.87. The molecule has 8 nitrogen and oxygen atoms in total. The van der Waals surface area contributed by atoms with Crippen LogP contribution in [0.2, 0.25) is 0 Å². The maximum absolute atomic E-state index is 11.9. The van der Waals surface area contributed by atoms with Crippen LogP contribution in [0, 0.1) is 0 Å². The first-order valence-electron chi connectivity index (χ1n) is 11.6. The molecular weight excluding hydrogens is 404 g/mol. The summed E-state index contributed by atoms with van der Waals surface area (Å²) >= 11 is 0. The lowest BCUT2D eigenvalue weighted by molar-refractivity contribution is -0.131. The fourth-order valence-electron chi connectivity index (χ4n) is 4.58. The van der Waals surface area contributed by atoms with Gasteiger partial charge in [0.2, 0.25) is 5.91 Å². The number of carbonyl (C=O) groups is 2. The maximum atomic E-state index is 11.9. The number of piperidine rings is 2. The highest BCUT2D eigenvalue weighted by atomic mass is 16.2. The predicted octanol–water partition coefficient (Wildman–Crippen LogP) is 3.43. The number of nitrogens with two attached hydrogens (primary N) is 1. The minimum Gasteiger partial charge on any atom is -0.364 e. The number of hydrogen-bond acceptors (Lipinski definition) is 6. The van der Waals surface area contributed by atoms with Crippen molar-refractivity contribution in [3.05, 3.63) is 41.7 Å². The Morgan fingerprint density at radius 1 is 1.06 bits per heavy atom. The van der Waals surface area contributed by atoms with Crippen molar-refractivity contribution in [2.45, 2.75) is 51.4 Å². The third-order valence-electron chi connectivity index (χ3n) is 6.47. The van der Waals surface area contributed by atoms with Crippen LogP contribution in [0.25, 0.3) is 0 Å². The number of anilines is 3. The minimum atomic E-state index is -0.602. The molecule has 0 atom stereocenters. The summed E-state index contributed by atoms with van der Waals surface area (Å²) < 4.78 is 0. The quantitative estimate of drug-likeness (QED) is 0.719. The molecule has 0 radical (unpaired) electrons. The Hall–Kier alpha value is -3.16. The van der Waals surface area contributed by atoms with E-state index in [1.54, 1.807) is 6.20 Å². The molecule has 1 aromatic heterocycles. The van der Waals surface area contributed by atoms with Crippen LogP contribution in [-0.4, -0.2) is 52.9 Å². The van der Waals surface area contributed by atoms with Crippen LogP contribution in [0.4, 0.5) is 17.3 Å². The van der Waals surface area contributed by atoms with Gasteiger partial charge in [0.05, 0.1) is 6.20 Å². The number of amides is 2. The van der Waals surface area contributed by atoms with Gasteiger partial charge in [-0.2, -0.15) is 0 Å². The molecule has 0 bridgehead atoms. The van der Waals surface area contributed by atoms with Crippen LogP contribution < -0.4 is 16.0 Å². The third-order valence-corrected chi connectivity index (χ3v) is 6.47. The molecule has 0 unspecified atom stereocenters. The molecule has 2 aromatic rings. The highest BCUT2D eigenvalue weighted by molar-refractivity contribution is 5.96. The molecule has 2 saturated heterocycles. The third kappa shape index (κ3) is 5.00. The van der Waals surface area contributed by atoms with E-state index in [4.69, 9.17) is 5.73 Å². The number of primary amides is 1. The van der Waals surface area contributed by atoms with Crippen molar-refractivity contribution >= 4 is 29.1 Å². The molecule has 0 saturated carbocycles. The van der Waals surface area contributed by atoms with Gasteiger partial charge in [-0.05, 0) is 55.7 Å². The Labute approximate surface area is 189 Å². The molecule has 32 heavy (non-hydrogen) atoms. The van der Waals surface area contributed by atoms with Crippen molar-refractivity contribution in [1.82, 2.24) is 14.9 Å². The first-order valence-corrected chi connectivity index (χ1v) is 11.6. The van der Waals surface area contributed by atoms with Gasteiger partial charge in [0, 0.05) is 38.3 Å². The Morgan fingerprint density at radius 3 is 2.38 bits per heavy atom. The fourth-order valence-corrected chi connectivity index (χ4v) is 4.58. The van der Waals surface area contributed by atoms with Gasteiger partial charge in [-0.1, -0.05) is 19.1 Å². The van der Waals surface area contributed by atoms with E-state index in [2.05, 4.69) is 32.3 Å². The van der Waals surface area contributed by atoms with Crippen molar-refractivity contribution < 1.29 is 9.59 Å². The average molecular weight is 437 g/mol. The summed E-state index contributed by atoms with van der Waals surface area (Å²) in [5.74, 6) is 1.24. The summed E-state index contributed by atoms with van der Waals surface area (Å²) in [7, 11) is 0. The highest BCUT2D eigenvalue weighted by Gasteiger charge is 2.23. The molecule has 2 aliphatic heterocycles. The number of nitrogens with zero attached hydrogens (tertiary/aromatic N) is 4. The standard InChI is InChI=1S/C24H32N6O2/c1-2-21(31)30-14-10-18(11-15-30)17-6-8-19(9-7-17)27-24-22(23(25)32)26-16-20(28-24)29-12-4-3-5-13-29/h6-9,16,18H,2-5,10-15H2,1H3,(H2,25,32)(H,27,28). The monoisotopic (exact) mass is 436 g/mol. The van der Waals surface area contributed by atoms with Gasteiger partial charge < -0.3 is 20.9 Å². The van der Waals surface area contributed by atoms with Crippen LogP contribution >= 0.6 is 0 Å². The number of benzene rings is 1. The van der Waals surface area contributed by atoms with E-state index in [1.165, 1.54) is 12.0 Å². The molecule has 2 amide bonds. The van der Waals surface area contributed by atoms with Gasteiger partial charge in [0.25, 0.3) is 5.91 Å². The van der Waals surface area contributed by atoms with Gasteiger partial charge in [-0.15, -0.1) is 0 Å². The second-order valence-corrected chi connectivity index (χ2v) is 8.59. The first-order chi connectivity index (χ1) is 15.5. The molecule has 2 fully saturated rings. The van der Waals surface area contributed by atoms with Crippen LogP contribution in [0.5, 0.6) is 0 Å². The molecule has 1 aromatic carbocycles. The lowest BCUT2D eigenvalue weighted by atomic mass is 9.89. The summed E-state index contributed by atoms with van der Waals surface area (Å²) in [5.41, 5.74) is 7.78. The Morgan fingerprint density at radius 2 is 1.75 bits per heavy atom. The molecular formula is C24H32N6O2. The lowest BCUT2D eigenvalue weighted by Gasteiger charge is -2.32. The van der Waals surface area contributed by atoms with Crippen molar-refractivity contribution in [3.63, 3.8) is 0 Å². The average Bonchev–Trinajstić information content (AvgIpc) is 2.84. The van der Waals surface area contributed by atoms with E-state index in [9.17, 15) is 9.59 Å². The smallest absolute Gasteiger partial charge is 0.271 e. The van der Waals surface area contributed by atoms with E-state index >= 15 is 0 Å². The number of likely N-dealkylation sites (tertiary alicyclic amines) is 1. The van der Waals surface area contributed by atoms with Gasteiger partial charge in [0.15, 0.2) is 11.5 Å². The Bertz CT molecular complexity index is 947. The summed E-state index contributed by atoms with van der Waals surface area (Å²) in [6.45, 7) is 5.44. The van der Waals surface area contributed by atoms with Crippen LogP contribution in [0.1, 0.15) is 67.4 Å². The summed E-state index contributed by atoms with van der Waals surface area (Å²) in [4.78, 5) is 36.9. The fraction of sp³-hybridized carbons (Fsp3) is 0.500. The van der Waals surface area contributed by atoms with Crippen LogP contribution in [0.15, 0.2) is 30.5 Å². The Balaban J connectivity index is 1.46. The first kappa shape index (κ1) is 22.0. The summed E-state index contributed by atoms with van der Waals surface area (Å²) in [6, 6.07) is 8.21. The zero-order chi connectivity index (χ0) is 22.5. The van der Waals surface area contributed by atoms with E-state index < -0.39 is 5.91 Å². The largest absolute Gasteiger partial charge is 0.364 e. The minimum absolute atomic E-state index is 0.141. The maximum Gasteiger partial charge on any atom is 0.271 e. The van der Waals surface area contributed by atoms with Crippen molar-refractivity contribution in [2.24, 2.45) is 5.73 Å². The topological polar surface area (TPSA) is 104 Å². The van der Waals surface area contributed by atoms with Gasteiger partial charge in [0.1, 0.15) is 5.82 Å². The number of carbonyl (C=O) groups excluding carboxylic acids is 2. The number of rotatable bonds is 6. The second kappa shape index (κ2) is 9.97. The van der Waals surface area contributed by atoms with E-state index in [0.29, 0.717) is 18.2 Å². The number of nitrogens with one attached hydrogen (secondary N) is 1. The molecule has 3 heterocycles. The zero-order valence-corrected chi connectivity index (χ0v) is 18.7. The van der Waals surface area contributed by atoms with Gasteiger partial charge in [-0.3, -0.25) is 9.59 Å². The molecule has 3 N–H and O–H groups in total. The number of hydrogen-bond donors (Lipinski definition) is 2. The molecule has 0 spiro atoms. The zero-order valence-electron chi connectivity index (χ0n) is 18.7. The van der Waals surface area contributed by atoms with E-state index in [1.807, 2.05) is 24.0 Å². The van der Waals surface area contributed by atoms with Crippen molar-refractivity contribution in [1.29, 1.82) is 0 Å². The van der Waals surface area contributed by atoms with Crippen LogP contribution in [0.3, 0.4) is 0 Å². The second-order valence-electron chi connectivity index (χ2n) is 8.59. The molecule has 0 aliphatic carbocycles. The predicted molar refractivity (Wildman–Crippen MR) is 125 cm³/mol. The van der Waals surface area contributed by atoms with Gasteiger partial charge in [-0.25, -0.2) is 9.97 Å². The SMILES string of the molecule is CCC(=O)N1CCC(c2ccc(Nc3nc(N4CCCCC4)cnc3C(N)=O)cc2)CC1. The number of aromatic nitrogens is 2. The summed E-state index contributed by atoms with van der Waals surface area (Å²) in [5, 5.41) is 3.24. The van der Waals surface area contributed by atoms with E-state index in [-0.39, 0.29) is 11.6 Å². The van der Waals surface area contributed by atoms with Crippen molar-refractivity contribution in [2.75, 3.05) is 36.4 Å². The lowest BCUT2D eigenvalue weighted by Crippen LogP contribution is -2.37. The van der Waals surface area contributed by atoms with E-state index in [0.717, 1.165) is 63.4 Å². The molecule has 8 heteroatoms. The highest BCUT2D eigenvalue weighted by Crippen LogP contribution is 2.30. The molecule has 170 valence electrons. The molecule has 2 aliphatic rings. The summed E-state index contributed by atoms with van der Waals surface area (Å²) in [6.07, 6.45) is 7.66. The van der Waals surface area contributed by atoms with Crippen molar-refractivity contribution in [3.8, 4) is 0 Å². The van der Waals surface area contributed by atoms with Crippen LogP contribution in [-0.2, 0) is 4.79 Å².